The third kappa shape index (κ3) is 6.01. The monoisotopic (exact) mass is 672 g/mol. The summed E-state index contributed by atoms with van der Waals surface area (Å²) in [6.07, 6.45) is 0. The number of fused-ring (bicyclic) bond motifs is 2. The van der Waals surface area contributed by atoms with E-state index < -0.39 is 0 Å². The largest absolute Gasteiger partial charge is 0.457 e. The molecule has 0 aliphatic rings. The van der Waals surface area contributed by atoms with Crippen molar-refractivity contribution in [2.24, 2.45) is 0 Å². The summed E-state index contributed by atoms with van der Waals surface area (Å²) < 4.78 is 17.0. The first kappa shape index (κ1) is 31.2. The van der Waals surface area contributed by atoms with E-state index in [0.29, 0.717) is 0 Å². The lowest BCUT2D eigenvalue weighted by Gasteiger charge is -2.14. The summed E-state index contributed by atoms with van der Waals surface area (Å²) in [5.41, 5.74) is 11.5. The van der Waals surface area contributed by atoms with Crippen LogP contribution >= 0.6 is 0 Å². The molecule has 0 atom stereocenters. The summed E-state index contributed by atoms with van der Waals surface area (Å²) in [6, 6.07) is 63.4. The first-order valence-electron chi connectivity index (χ1n) is 17.6. The van der Waals surface area contributed by atoms with Gasteiger partial charge >= 0.3 is 0 Å². The van der Waals surface area contributed by atoms with Gasteiger partial charge < -0.3 is 18.6 Å². The molecule has 0 radical (unpaired) electrons. The van der Waals surface area contributed by atoms with E-state index in [1.807, 2.05) is 84.9 Å². The van der Waals surface area contributed by atoms with E-state index in [2.05, 4.69) is 120 Å². The second-order valence-electron chi connectivity index (χ2n) is 13.2. The number of nitrogens with zero attached hydrogens (tertiary/aromatic N) is 2. The average molecular weight is 673 g/mol. The number of aromatic nitrogens is 2. The fraction of sp³-hybridized carbons (Fsp3) is 0.0417. The molecule has 0 N–H and O–H groups in total. The lowest BCUT2D eigenvalue weighted by molar-refractivity contribution is 0.482. The maximum absolute atomic E-state index is 6.15. The van der Waals surface area contributed by atoms with E-state index in [9.17, 15) is 0 Å². The van der Waals surface area contributed by atoms with Gasteiger partial charge in [-0.2, -0.15) is 0 Å². The topological polar surface area (TPSA) is 28.3 Å². The number of para-hydroxylation sites is 2. The Labute approximate surface area is 303 Å². The molecule has 0 saturated carbocycles. The molecule has 9 aromatic rings. The molecule has 0 aliphatic carbocycles. The smallest absolute Gasteiger partial charge is 0.127 e. The summed E-state index contributed by atoms with van der Waals surface area (Å²) in [5, 5.41) is 2.32. The molecule has 0 unspecified atom stereocenters. The van der Waals surface area contributed by atoms with Crippen molar-refractivity contribution in [2.75, 3.05) is 0 Å². The molecule has 2 aromatic heterocycles. The summed E-state index contributed by atoms with van der Waals surface area (Å²) in [5.74, 6) is 3.23. The third-order valence-electron chi connectivity index (χ3n) is 9.57. The van der Waals surface area contributed by atoms with Gasteiger partial charge in [-0.05, 0) is 122 Å². The molecule has 0 spiro atoms. The Balaban J connectivity index is 1.20. The second-order valence-corrected chi connectivity index (χ2v) is 13.2. The Kier molecular flexibility index (Phi) is 7.90. The molecule has 0 amide bonds. The van der Waals surface area contributed by atoms with Crippen LogP contribution in [0.4, 0.5) is 0 Å². The van der Waals surface area contributed by atoms with Crippen molar-refractivity contribution in [2.45, 2.75) is 13.8 Å². The highest BCUT2D eigenvalue weighted by atomic mass is 16.5. The molecule has 7 aromatic carbocycles. The molecule has 4 nitrogen and oxygen atoms in total. The maximum atomic E-state index is 6.15. The van der Waals surface area contributed by atoms with Gasteiger partial charge in [-0.25, -0.2) is 0 Å². The van der Waals surface area contributed by atoms with Gasteiger partial charge in [0.15, 0.2) is 0 Å². The molecular formula is C48H36N2O2. The number of ether oxygens (including phenoxy) is 2. The van der Waals surface area contributed by atoms with Crippen LogP contribution in [0.2, 0.25) is 0 Å². The van der Waals surface area contributed by atoms with E-state index in [4.69, 9.17) is 9.47 Å². The van der Waals surface area contributed by atoms with Gasteiger partial charge in [0, 0.05) is 22.1 Å². The van der Waals surface area contributed by atoms with Crippen molar-refractivity contribution in [1.82, 2.24) is 9.13 Å². The number of hydrogen-bond acceptors (Lipinski definition) is 2. The molecule has 2 heterocycles. The minimum absolute atomic E-state index is 0.797. The third-order valence-corrected chi connectivity index (χ3v) is 9.57. The average Bonchev–Trinajstić information content (AvgIpc) is 3.74. The predicted octanol–water partition coefficient (Wildman–Crippen LogP) is 13.1. The van der Waals surface area contributed by atoms with E-state index in [-0.39, 0.29) is 0 Å². The zero-order valence-corrected chi connectivity index (χ0v) is 29.0. The van der Waals surface area contributed by atoms with Crippen molar-refractivity contribution in [3.8, 4) is 56.9 Å². The van der Waals surface area contributed by atoms with Gasteiger partial charge in [-0.1, -0.05) is 96.1 Å². The quantitative estimate of drug-likeness (QED) is 0.161. The van der Waals surface area contributed by atoms with Crippen LogP contribution in [-0.2, 0) is 0 Å². The second kappa shape index (κ2) is 13.2. The first-order chi connectivity index (χ1) is 25.6. The van der Waals surface area contributed by atoms with Gasteiger partial charge in [-0.3, -0.25) is 0 Å². The van der Waals surface area contributed by atoms with Crippen molar-refractivity contribution >= 4 is 21.8 Å². The number of rotatable bonds is 8. The minimum atomic E-state index is 0.797. The molecule has 0 fully saturated rings. The van der Waals surface area contributed by atoms with Gasteiger partial charge in [0.2, 0.25) is 0 Å². The fourth-order valence-corrected chi connectivity index (χ4v) is 6.92. The highest BCUT2D eigenvalue weighted by Gasteiger charge is 2.19. The molecule has 0 bridgehead atoms. The summed E-state index contributed by atoms with van der Waals surface area (Å²) >= 11 is 0. The van der Waals surface area contributed by atoms with E-state index in [0.717, 1.165) is 78.7 Å². The SMILES string of the molecule is Cc1ccc(-c2cc3cc4c(cc(-c5ccc(C)cc5)n4-c4ccc(Oc5ccccc5)cc4)cc3n2-c2ccc(Oc3ccccc3)cc2)cc1. The van der Waals surface area contributed by atoms with Gasteiger partial charge in [-0.15, -0.1) is 0 Å². The Bertz CT molecular complexity index is 2450. The van der Waals surface area contributed by atoms with Crippen molar-refractivity contribution < 1.29 is 9.47 Å². The zero-order valence-electron chi connectivity index (χ0n) is 29.0. The normalized spacial score (nSPS) is 11.3. The lowest BCUT2D eigenvalue weighted by atomic mass is 10.1. The van der Waals surface area contributed by atoms with Gasteiger partial charge in [0.1, 0.15) is 23.0 Å². The van der Waals surface area contributed by atoms with Crippen LogP contribution < -0.4 is 9.47 Å². The molecular weight excluding hydrogens is 637 g/mol. The molecule has 250 valence electrons. The van der Waals surface area contributed by atoms with Crippen LogP contribution in [0, 0.1) is 13.8 Å². The van der Waals surface area contributed by atoms with E-state index in [1.54, 1.807) is 0 Å². The van der Waals surface area contributed by atoms with Crippen molar-refractivity contribution in [3.05, 3.63) is 193 Å². The van der Waals surface area contributed by atoms with E-state index >= 15 is 0 Å². The highest BCUT2D eigenvalue weighted by Crippen LogP contribution is 2.39. The number of aryl methyl sites for hydroxylation is 2. The standard InChI is InChI=1S/C48H36N2O2/c1-33-13-17-35(18-14-33)45-29-37-31-48-38(32-47(37)49(45)39-21-25-43(26-22-39)51-41-9-5-3-6-10-41)30-46(36-19-15-34(2)16-20-36)50(48)40-23-27-44(28-24-40)52-42-11-7-4-8-12-42/h3-32H,1-2H3. The highest BCUT2D eigenvalue weighted by molar-refractivity contribution is 6.02. The fourth-order valence-electron chi connectivity index (χ4n) is 6.92. The lowest BCUT2D eigenvalue weighted by Crippen LogP contribution is -1.98. The van der Waals surface area contributed by atoms with Crippen LogP contribution in [-0.4, -0.2) is 9.13 Å². The molecule has 0 aliphatic heterocycles. The van der Waals surface area contributed by atoms with E-state index in [1.165, 1.54) is 11.1 Å². The van der Waals surface area contributed by atoms with Gasteiger partial charge in [0.05, 0.1) is 22.4 Å². The van der Waals surface area contributed by atoms with Crippen LogP contribution in [0.15, 0.2) is 182 Å². The Morgan fingerprint density at radius 3 is 1.06 bits per heavy atom. The minimum Gasteiger partial charge on any atom is -0.457 e. The molecule has 0 saturated heterocycles. The number of benzene rings is 7. The first-order valence-corrected chi connectivity index (χ1v) is 17.6. The van der Waals surface area contributed by atoms with Crippen LogP contribution in [0.25, 0.3) is 55.7 Å². The van der Waals surface area contributed by atoms with Gasteiger partial charge in [0.25, 0.3) is 0 Å². The van der Waals surface area contributed by atoms with Crippen LogP contribution in [0.3, 0.4) is 0 Å². The maximum Gasteiger partial charge on any atom is 0.127 e. The molecule has 9 rings (SSSR count). The molecule has 4 heteroatoms. The van der Waals surface area contributed by atoms with Crippen LogP contribution in [0.5, 0.6) is 23.0 Å². The van der Waals surface area contributed by atoms with Crippen LogP contribution in [0.1, 0.15) is 11.1 Å². The Hall–Kier alpha value is -6.78. The van der Waals surface area contributed by atoms with Crippen molar-refractivity contribution in [3.63, 3.8) is 0 Å². The predicted molar refractivity (Wildman–Crippen MR) is 213 cm³/mol. The summed E-state index contributed by atoms with van der Waals surface area (Å²) in [7, 11) is 0. The summed E-state index contributed by atoms with van der Waals surface area (Å²) in [4.78, 5) is 0. The Morgan fingerprint density at radius 1 is 0.346 bits per heavy atom. The Morgan fingerprint density at radius 2 is 0.692 bits per heavy atom. The number of hydrogen-bond donors (Lipinski definition) is 0. The summed E-state index contributed by atoms with van der Waals surface area (Å²) in [6.45, 7) is 4.25. The molecule has 52 heavy (non-hydrogen) atoms. The van der Waals surface area contributed by atoms with Crippen molar-refractivity contribution in [1.29, 1.82) is 0 Å². The zero-order chi connectivity index (χ0) is 35.0.